The molecule has 1 atom stereocenters. The Balaban J connectivity index is 2.72. The molecule has 1 aromatic rings. The summed E-state index contributed by atoms with van der Waals surface area (Å²) in [6.07, 6.45) is 1.03. The molecule has 1 N–H and O–H groups in total. The first-order valence-electron chi connectivity index (χ1n) is 4.22. The number of aromatic nitrogens is 1. The molecular formula is C8H12N2O3S2. The molecule has 1 heterocycles. The number of hydrogen-bond donors (Lipinski definition) is 1. The molecule has 5 nitrogen and oxygen atoms in total. The quantitative estimate of drug-likeness (QED) is 0.859. The van der Waals surface area contributed by atoms with Crippen LogP contribution < -0.4 is 5.32 Å². The van der Waals surface area contributed by atoms with Crippen molar-refractivity contribution >= 4 is 32.2 Å². The zero-order valence-corrected chi connectivity index (χ0v) is 10.3. The summed E-state index contributed by atoms with van der Waals surface area (Å²) < 4.78 is 22.2. The van der Waals surface area contributed by atoms with Gasteiger partial charge in [0.25, 0.3) is 0 Å². The van der Waals surface area contributed by atoms with E-state index < -0.39 is 21.0 Å². The molecule has 84 valence electrons. The van der Waals surface area contributed by atoms with Crippen molar-refractivity contribution in [2.24, 2.45) is 0 Å². The summed E-state index contributed by atoms with van der Waals surface area (Å²) in [5.41, 5.74) is 0.794. The van der Waals surface area contributed by atoms with Crippen LogP contribution in [0.25, 0.3) is 0 Å². The lowest BCUT2D eigenvalue weighted by Gasteiger charge is -2.07. The van der Waals surface area contributed by atoms with E-state index in [0.717, 1.165) is 11.9 Å². The van der Waals surface area contributed by atoms with Crippen LogP contribution in [0.2, 0.25) is 0 Å². The summed E-state index contributed by atoms with van der Waals surface area (Å²) in [6, 6.07) is 0. The van der Waals surface area contributed by atoms with Gasteiger partial charge in [-0.15, -0.1) is 11.3 Å². The highest BCUT2D eigenvalue weighted by molar-refractivity contribution is 7.92. The van der Waals surface area contributed by atoms with Crippen LogP contribution in [0.3, 0.4) is 0 Å². The number of carbonyl (C=O) groups is 1. The molecule has 15 heavy (non-hydrogen) atoms. The minimum atomic E-state index is -3.35. The number of hydrogen-bond acceptors (Lipinski definition) is 5. The number of carbonyl (C=O) groups excluding carboxylic acids is 1. The molecular weight excluding hydrogens is 236 g/mol. The zero-order chi connectivity index (χ0) is 11.6. The van der Waals surface area contributed by atoms with E-state index in [0.29, 0.717) is 5.13 Å². The van der Waals surface area contributed by atoms with Gasteiger partial charge in [-0.3, -0.25) is 4.79 Å². The maximum Gasteiger partial charge on any atom is 0.244 e. The first-order chi connectivity index (χ1) is 6.80. The molecule has 0 aliphatic heterocycles. The Bertz CT molecular complexity index is 464. The third-order valence-electron chi connectivity index (χ3n) is 1.86. The van der Waals surface area contributed by atoms with Crippen molar-refractivity contribution in [3.8, 4) is 0 Å². The lowest BCUT2D eigenvalue weighted by Crippen LogP contribution is -2.31. The van der Waals surface area contributed by atoms with Crippen molar-refractivity contribution in [1.29, 1.82) is 0 Å². The van der Waals surface area contributed by atoms with Gasteiger partial charge < -0.3 is 5.32 Å². The van der Waals surface area contributed by atoms with Gasteiger partial charge in [-0.25, -0.2) is 13.4 Å². The highest BCUT2D eigenvalue weighted by Crippen LogP contribution is 2.15. The standard InChI is InChI=1S/C8H12N2O3S2/c1-5-4-14-8(9-5)10-7(11)6(2)15(3,12)13/h4,6H,1-3H3,(H,9,10,11). The minimum Gasteiger partial charge on any atom is -0.301 e. The lowest BCUT2D eigenvalue weighted by molar-refractivity contribution is -0.115. The van der Waals surface area contributed by atoms with Gasteiger partial charge in [0.15, 0.2) is 15.0 Å². The number of nitrogens with one attached hydrogen (secondary N) is 1. The summed E-state index contributed by atoms with van der Waals surface area (Å²) in [5, 5.41) is 3.61. The molecule has 0 radical (unpaired) electrons. The molecule has 1 amide bonds. The SMILES string of the molecule is Cc1csc(NC(=O)C(C)S(C)(=O)=O)n1. The Morgan fingerprint density at radius 2 is 2.20 bits per heavy atom. The fourth-order valence-corrected chi connectivity index (χ4v) is 1.95. The molecule has 0 fully saturated rings. The summed E-state index contributed by atoms with van der Waals surface area (Å²) in [6.45, 7) is 3.15. The highest BCUT2D eigenvalue weighted by Gasteiger charge is 2.23. The fourth-order valence-electron chi connectivity index (χ4n) is 0.813. The molecule has 7 heteroatoms. The molecule has 1 rings (SSSR count). The lowest BCUT2D eigenvalue weighted by atomic mass is 10.4. The Morgan fingerprint density at radius 3 is 2.60 bits per heavy atom. The number of aryl methyl sites for hydroxylation is 1. The number of sulfone groups is 1. The topological polar surface area (TPSA) is 76.1 Å². The van der Waals surface area contributed by atoms with Crippen LogP contribution in [-0.2, 0) is 14.6 Å². The van der Waals surface area contributed by atoms with Gasteiger partial charge in [0.1, 0.15) is 5.25 Å². The van der Waals surface area contributed by atoms with E-state index in [4.69, 9.17) is 0 Å². The summed E-state index contributed by atoms with van der Waals surface area (Å²) in [7, 11) is -3.35. The van der Waals surface area contributed by atoms with Gasteiger partial charge in [0.05, 0.1) is 5.69 Å². The molecule has 0 aromatic carbocycles. The molecule has 0 spiro atoms. The van der Waals surface area contributed by atoms with Crippen molar-refractivity contribution in [1.82, 2.24) is 4.98 Å². The van der Waals surface area contributed by atoms with E-state index in [-0.39, 0.29) is 0 Å². The Labute approximate surface area is 92.5 Å². The second-order valence-corrected chi connectivity index (χ2v) is 6.48. The van der Waals surface area contributed by atoms with Crippen LogP contribution in [0.5, 0.6) is 0 Å². The summed E-state index contributed by atoms with van der Waals surface area (Å²) >= 11 is 1.27. The monoisotopic (exact) mass is 248 g/mol. The minimum absolute atomic E-state index is 0.424. The van der Waals surface area contributed by atoms with Gasteiger partial charge in [0, 0.05) is 11.6 Å². The van der Waals surface area contributed by atoms with Gasteiger partial charge in [-0.1, -0.05) is 0 Å². The van der Waals surface area contributed by atoms with Crippen LogP contribution in [-0.4, -0.2) is 30.8 Å². The van der Waals surface area contributed by atoms with Crippen molar-refractivity contribution < 1.29 is 13.2 Å². The van der Waals surface area contributed by atoms with Crippen LogP contribution in [0.15, 0.2) is 5.38 Å². The summed E-state index contributed by atoms with van der Waals surface area (Å²) in [4.78, 5) is 15.5. The molecule has 0 bridgehead atoms. The zero-order valence-electron chi connectivity index (χ0n) is 8.64. The van der Waals surface area contributed by atoms with E-state index in [1.807, 2.05) is 0 Å². The third kappa shape index (κ3) is 3.28. The molecule has 0 saturated carbocycles. The second kappa shape index (κ2) is 4.28. The van der Waals surface area contributed by atoms with Crippen LogP contribution in [0.4, 0.5) is 5.13 Å². The smallest absolute Gasteiger partial charge is 0.244 e. The third-order valence-corrected chi connectivity index (χ3v) is 4.23. The molecule has 0 saturated heterocycles. The van der Waals surface area contributed by atoms with Crippen molar-refractivity contribution in [3.05, 3.63) is 11.1 Å². The number of anilines is 1. The maximum atomic E-state index is 11.4. The van der Waals surface area contributed by atoms with Gasteiger partial charge in [-0.05, 0) is 13.8 Å². The van der Waals surface area contributed by atoms with Gasteiger partial charge >= 0.3 is 0 Å². The highest BCUT2D eigenvalue weighted by atomic mass is 32.2. The molecule has 0 aliphatic rings. The predicted octanol–water partition coefficient (Wildman–Crippen LogP) is 0.823. The Hall–Kier alpha value is -0.950. The number of amides is 1. The van der Waals surface area contributed by atoms with Crippen LogP contribution >= 0.6 is 11.3 Å². The largest absolute Gasteiger partial charge is 0.301 e. The van der Waals surface area contributed by atoms with E-state index in [9.17, 15) is 13.2 Å². The van der Waals surface area contributed by atoms with Crippen molar-refractivity contribution in [2.45, 2.75) is 19.1 Å². The Kier molecular flexibility index (Phi) is 3.46. The van der Waals surface area contributed by atoms with Crippen LogP contribution in [0, 0.1) is 6.92 Å². The van der Waals surface area contributed by atoms with Gasteiger partial charge in [0.2, 0.25) is 5.91 Å². The van der Waals surface area contributed by atoms with Gasteiger partial charge in [-0.2, -0.15) is 0 Å². The second-order valence-electron chi connectivity index (χ2n) is 3.26. The first kappa shape index (κ1) is 12.1. The molecule has 1 aromatic heterocycles. The number of rotatable bonds is 3. The average Bonchev–Trinajstić information content (AvgIpc) is 2.48. The van der Waals surface area contributed by atoms with E-state index in [1.165, 1.54) is 18.3 Å². The van der Waals surface area contributed by atoms with Crippen LogP contribution in [0.1, 0.15) is 12.6 Å². The van der Waals surface area contributed by atoms with E-state index in [2.05, 4.69) is 10.3 Å². The van der Waals surface area contributed by atoms with E-state index >= 15 is 0 Å². The maximum absolute atomic E-state index is 11.4. The average molecular weight is 248 g/mol. The molecule has 0 aliphatic carbocycles. The number of thiazole rings is 1. The summed E-state index contributed by atoms with van der Waals surface area (Å²) in [5.74, 6) is -0.549. The van der Waals surface area contributed by atoms with Crippen molar-refractivity contribution in [2.75, 3.05) is 11.6 Å². The van der Waals surface area contributed by atoms with E-state index in [1.54, 1.807) is 12.3 Å². The predicted molar refractivity (Wildman–Crippen MR) is 59.8 cm³/mol. The number of nitrogens with zero attached hydrogens (tertiary/aromatic N) is 1. The fraction of sp³-hybridized carbons (Fsp3) is 0.500. The van der Waals surface area contributed by atoms with Crippen molar-refractivity contribution in [3.63, 3.8) is 0 Å². The first-order valence-corrected chi connectivity index (χ1v) is 7.06. The normalized spacial score (nSPS) is 13.5. The Morgan fingerprint density at radius 1 is 1.60 bits per heavy atom. The molecule has 1 unspecified atom stereocenters.